The Labute approximate surface area is 133 Å². The van der Waals surface area contributed by atoms with Gasteiger partial charge in [-0.15, -0.1) is 0 Å². The van der Waals surface area contributed by atoms with E-state index in [0.29, 0.717) is 29.8 Å². The van der Waals surface area contributed by atoms with Crippen LogP contribution < -0.4 is 10.6 Å². The third-order valence-electron chi connectivity index (χ3n) is 2.91. The topological polar surface area (TPSA) is 76.1 Å². The fraction of sp³-hybridized carbons (Fsp3) is 0.267. The van der Waals surface area contributed by atoms with Crippen LogP contribution in [0.1, 0.15) is 16.1 Å². The Balaban J connectivity index is 2.07. The van der Waals surface area contributed by atoms with E-state index in [9.17, 15) is 4.79 Å². The SMILES string of the molecule is COCCNc1nccc(C(=O)Nc2ccc(Cl)cc2C)n1. The highest BCUT2D eigenvalue weighted by atomic mass is 35.5. The zero-order chi connectivity index (χ0) is 15.9. The van der Waals surface area contributed by atoms with Crippen LogP contribution in [0.5, 0.6) is 0 Å². The molecule has 0 aliphatic carbocycles. The van der Waals surface area contributed by atoms with Crippen molar-refractivity contribution < 1.29 is 9.53 Å². The number of carbonyl (C=O) groups is 1. The van der Waals surface area contributed by atoms with E-state index in [-0.39, 0.29) is 11.6 Å². The quantitative estimate of drug-likeness (QED) is 0.800. The van der Waals surface area contributed by atoms with Gasteiger partial charge in [-0.2, -0.15) is 0 Å². The van der Waals surface area contributed by atoms with Gasteiger partial charge in [0, 0.05) is 30.6 Å². The van der Waals surface area contributed by atoms with Crippen molar-refractivity contribution in [3.8, 4) is 0 Å². The molecule has 2 N–H and O–H groups in total. The summed E-state index contributed by atoms with van der Waals surface area (Å²) >= 11 is 5.90. The number of rotatable bonds is 6. The summed E-state index contributed by atoms with van der Waals surface area (Å²) in [4.78, 5) is 20.5. The van der Waals surface area contributed by atoms with Crippen molar-refractivity contribution in [3.05, 3.63) is 46.7 Å². The van der Waals surface area contributed by atoms with Crippen LogP contribution in [0.25, 0.3) is 0 Å². The molecule has 116 valence electrons. The number of ether oxygens (including phenoxy) is 1. The average Bonchev–Trinajstić information content (AvgIpc) is 2.50. The Bertz CT molecular complexity index is 664. The molecule has 2 rings (SSSR count). The fourth-order valence-corrected chi connectivity index (χ4v) is 2.02. The summed E-state index contributed by atoms with van der Waals surface area (Å²) in [5, 5.41) is 6.41. The molecule has 22 heavy (non-hydrogen) atoms. The molecule has 0 atom stereocenters. The zero-order valence-corrected chi connectivity index (χ0v) is 13.1. The second-order valence-electron chi connectivity index (χ2n) is 4.60. The first-order chi connectivity index (χ1) is 10.6. The lowest BCUT2D eigenvalue weighted by molar-refractivity contribution is 0.102. The molecule has 0 aliphatic rings. The third-order valence-corrected chi connectivity index (χ3v) is 3.15. The largest absolute Gasteiger partial charge is 0.383 e. The zero-order valence-electron chi connectivity index (χ0n) is 12.4. The van der Waals surface area contributed by atoms with E-state index < -0.39 is 0 Å². The second kappa shape index (κ2) is 7.72. The number of methoxy groups -OCH3 is 1. The van der Waals surface area contributed by atoms with E-state index in [4.69, 9.17) is 16.3 Å². The summed E-state index contributed by atoms with van der Waals surface area (Å²) < 4.78 is 4.93. The minimum Gasteiger partial charge on any atom is -0.383 e. The highest BCUT2D eigenvalue weighted by Crippen LogP contribution is 2.20. The average molecular weight is 321 g/mol. The maximum Gasteiger partial charge on any atom is 0.274 e. The molecule has 1 aromatic heterocycles. The summed E-state index contributed by atoms with van der Waals surface area (Å²) in [6.45, 7) is 2.97. The van der Waals surface area contributed by atoms with Crippen molar-refractivity contribution >= 4 is 29.1 Å². The predicted molar refractivity (Wildman–Crippen MR) is 86.5 cm³/mol. The van der Waals surface area contributed by atoms with Gasteiger partial charge in [0.1, 0.15) is 5.69 Å². The van der Waals surface area contributed by atoms with Crippen molar-refractivity contribution in [2.45, 2.75) is 6.92 Å². The van der Waals surface area contributed by atoms with E-state index in [1.54, 1.807) is 31.4 Å². The van der Waals surface area contributed by atoms with Crippen LogP contribution in [-0.4, -0.2) is 36.1 Å². The van der Waals surface area contributed by atoms with E-state index in [0.717, 1.165) is 5.56 Å². The van der Waals surface area contributed by atoms with Crippen molar-refractivity contribution in [1.29, 1.82) is 0 Å². The number of carbonyl (C=O) groups excluding carboxylic acids is 1. The van der Waals surface area contributed by atoms with Crippen LogP contribution in [0.3, 0.4) is 0 Å². The maximum absolute atomic E-state index is 12.2. The first kappa shape index (κ1) is 16.2. The molecule has 1 heterocycles. The molecule has 6 nitrogen and oxygen atoms in total. The first-order valence-electron chi connectivity index (χ1n) is 6.73. The van der Waals surface area contributed by atoms with Crippen molar-refractivity contribution in [2.24, 2.45) is 0 Å². The second-order valence-corrected chi connectivity index (χ2v) is 5.03. The third kappa shape index (κ3) is 4.41. The van der Waals surface area contributed by atoms with E-state index >= 15 is 0 Å². The Morgan fingerprint density at radius 2 is 2.18 bits per heavy atom. The van der Waals surface area contributed by atoms with Crippen molar-refractivity contribution in [1.82, 2.24) is 9.97 Å². The van der Waals surface area contributed by atoms with Gasteiger partial charge in [0.05, 0.1) is 6.61 Å². The Kier molecular flexibility index (Phi) is 5.68. The van der Waals surface area contributed by atoms with Crippen molar-refractivity contribution in [2.75, 3.05) is 30.9 Å². The van der Waals surface area contributed by atoms with E-state index in [2.05, 4.69) is 20.6 Å². The highest BCUT2D eigenvalue weighted by molar-refractivity contribution is 6.30. The molecule has 0 saturated heterocycles. The maximum atomic E-state index is 12.2. The summed E-state index contributed by atoms with van der Waals surface area (Å²) in [5.74, 6) is 0.0835. The lowest BCUT2D eigenvalue weighted by atomic mass is 10.2. The number of nitrogens with one attached hydrogen (secondary N) is 2. The van der Waals surface area contributed by atoms with Gasteiger partial charge >= 0.3 is 0 Å². The van der Waals surface area contributed by atoms with Gasteiger partial charge in [-0.05, 0) is 36.8 Å². The minimum atomic E-state index is -0.303. The molecule has 0 radical (unpaired) electrons. The minimum absolute atomic E-state index is 0.282. The number of halogens is 1. The van der Waals surface area contributed by atoms with Crippen LogP contribution in [0.4, 0.5) is 11.6 Å². The van der Waals surface area contributed by atoms with Crippen LogP contribution in [-0.2, 0) is 4.74 Å². The molecular weight excluding hydrogens is 304 g/mol. The van der Waals surface area contributed by atoms with Gasteiger partial charge in [-0.1, -0.05) is 11.6 Å². The van der Waals surface area contributed by atoms with Gasteiger partial charge in [0.15, 0.2) is 0 Å². The van der Waals surface area contributed by atoms with Gasteiger partial charge < -0.3 is 15.4 Å². The summed E-state index contributed by atoms with van der Waals surface area (Å²) in [5.41, 5.74) is 1.86. The Morgan fingerprint density at radius 3 is 2.91 bits per heavy atom. The number of amides is 1. The predicted octanol–water partition coefficient (Wildman–Crippen LogP) is 2.75. The molecule has 1 aromatic carbocycles. The van der Waals surface area contributed by atoms with Crippen LogP contribution in [0, 0.1) is 6.92 Å². The molecule has 0 fully saturated rings. The van der Waals surface area contributed by atoms with Gasteiger partial charge in [-0.25, -0.2) is 9.97 Å². The lowest BCUT2D eigenvalue weighted by Gasteiger charge is -2.09. The van der Waals surface area contributed by atoms with Gasteiger partial charge in [0.2, 0.25) is 5.95 Å². The molecule has 1 amide bonds. The standard InChI is InChI=1S/C15H17ClN4O2/c1-10-9-11(16)3-4-12(10)19-14(21)13-5-6-17-15(20-13)18-7-8-22-2/h3-6,9H,7-8H2,1-2H3,(H,19,21)(H,17,18,20). The Morgan fingerprint density at radius 1 is 1.36 bits per heavy atom. The molecule has 0 bridgehead atoms. The number of aromatic nitrogens is 2. The molecular formula is C15H17ClN4O2. The first-order valence-corrected chi connectivity index (χ1v) is 7.11. The van der Waals surface area contributed by atoms with Crippen molar-refractivity contribution in [3.63, 3.8) is 0 Å². The molecule has 7 heteroatoms. The number of hydrogen-bond acceptors (Lipinski definition) is 5. The normalized spacial score (nSPS) is 10.3. The smallest absolute Gasteiger partial charge is 0.274 e. The number of hydrogen-bond donors (Lipinski definition) is 2. The van der Waals surface area contributed by atoms with Gasteiger partial charge in [0.25, 0.3) is 5.91 Å². The number of nitrogens with zero attached hydrogens (tertiary/aromatic N) is 2. The molecule has 0 spiro atoms. The molecule has 0 aliphatic heterocycles. The Hall–Kier alpha value is -2.18. The lowest BCUT2D eigenvalue weighted by Crippen LogP contribution is -2.17. The number of benzene rings is 1. The van der Waals surface area contributed by atoms with Gasteiger partial charge in [-0.3, -0.25) is 4.79 Å². The molecule has 2 aromatic rings. The highest BCUT2D eigenvalue weighted by Gasteiger charge is 2.10. The molecule has 0 unspecified atom stereocenters. The van der Waals surface area contributed by atoms with Crippen LogP contribution in [0.2, 0.25) is 5.02 Å². The summed E-state index contributed by atoms with van der Waals surface area (Å²) in [7, 11) is 1.61. The fourth-order valence-electron chi connectivity index (χ4n) is 1.79. The van der Waals surface area contributed by atoms with E-state index in [1.807, 2.05) is 6.92 Å². The monoisotopic (exact) mass is 320 g/mol. The van der Waals surface area contributed by atoms with Crippen LogP contribution >= 0.6 is 11.6 Å². The number of anilines is 2. The number of aryl methyl sites for hydroxylation is 1. The van der Waals surface area contributed by atoms with Crippen LogP contribution in [0.15, 0.2) is 30.5 Å². The summed E-state index contributed by atoms with van der Waals surface area (Å²) in [6, 6.07) is 6.83. The molecule has 0 saturated carbocycles. The van der Waals surface area contributed by atoms with E-state index in [1.165, 1.54) is 6.20 Å². The summed E-state index contributed by atoms with van der Waals surface area (Å²) in [6.07, 6.45) is 1.53.